The van der Waals surface area contributed by atoms with E-state index >= 15 is 0 Å². The van der Waals surface area contributed by atoms with E-state index in [1.54, 1.807) is 0 Å². The lowest BCUT2D eigenvalue weighted by molar-refractivity contribution is -0.121. The topological polar surface area (TPSA) is 87.5 Å². The Labute approximate surface area is 114 Å². The van der Waals surface area contributed by atoms with Crippen LogP contribution in [0, 0.1) is 0 Å². The maximum atomic E-state index is 11.4. The third-order valence-electron chi connectivity index (χ3n) is 2.41. The molecule has 0 atom stereocenters. The number of amides is 2. The lowest BCUT2D eigenvalue weighted by Crippen LogP contribution is -2.43. The van der Waals surface area contributed by atoms with Crippen molar-refractivity contribution in [2.45, 2.75) is 19.8 Å². The molecule has 0 heterocycles. The van der Waals surface area contributed by atoms with Crippen molar-refractivity contribution in [3.63, 3.8) is 0 Å². The van der Waals surface area contributed by atoms with Gasteiger partial charge in [-0.1, -0.05) is 20.1 Å². The normalized spacial score (nSPS) is 10.1. The van der Waals surface area contributed by atoms with Gasteiger partial charge < -0.3 is 11.1 Å². The van der Waals surface area contributed by atoms with Gasteiger partial charge in [-0.15, -0.1) is 0 Å². The first-order valence-electron chi connectivity index (χ1n) is 6.39. The standard InChI is InChI=1S/C13H24N4O2/c1-4-8-17(16-12(18)5-2)9-6-7-15-13(19)11(3)10-14/h5H,2-4,6-10,14H2,1H3,(H,15,19)(H,16,18). The van der Waals surface area contributed by atoms with Crippen LogP contribution in [0.3, 0.4) is 0 Å². The van der Waals surface area contributed by atoms with Crippen LogP contribution in [0.1, 0.15) is 19.8 Å². The van der Waals surface area contributed by atoms with Gasteiger partial charge in [0.05, 0.1) is 0 Å². The number of hydrogen-bond acceptors (Lipinski definition) is 4. The molecule has 0 aromatic rings. The molecular formula is C13H24N4O2. The highest BCUT2D eigenvalue weighted by Crippen LogP contribution is 1.91. The number of rotatable bonds is 10. The molecule has 0 aliphatic carbocycles. The maximum Gasteiger partial charge on any atom is 0.257 e. The Kier molecular flexibility index (Phi) is 9.38. The molecule has 0 saturated heterocycles. The van der Waals surface area contributed by atoms with Crippen LogP contribution in [0.4, 0.5) is 0 Å². The Hall–Kier alpha value is -1.66. The van der Waals surface area contributed by atoms with Crippen LogP contribution in [0.15, 0.2) is 24.8 Å². The molecule has 0 aliphatic rings. The van der Waals surface area contributed by atoms with Gasteiger partial charge in [0.25, 0.3) is 5.91 Å². The quantitative estimate of drug-likeness (QED) is 0.294. The third-order valence-corrected chi connectivity index (χ3v) is 2.41. The Morgan fingerprint density at radius 2 is 2.05 bits per heavy atom. The summed E-state index contributed by atoms with van der Waals surface area (Å²) >= 11 is 0. The molecule has 6 heteroatoms. The zero-order valence-corrected chi connectivity index (χ0v) is 11.6. The van der Waals surface area contributed by atoms with Gasteiger partial charge in [0.1, 0.15) is 0 Å². The summed E-state index contributed by atoms with van der Waals surface area (Å²) in [5.41, 5.74) is 8.39. The van der Waals surface area contributed by atoms with Crippen molar-refractivity contribution in [1.29, 1.82) is 0 Å². The summed E-state index contributed by atoms with van der Waals surface area (Å²) < 4.78 is 0. The van der Waals surface area contributed by atoms with Crippen LogP contribution in [-0.4, -0.2) is 43.0 Å². The second-order valence-corrected chi connectivity index (χ2v) is 4.08. The molecule has 0 aliphatic heterocycles. The minimum absolute atomic E-state index is 0.156. The highest BCUT2D eigenvalue weighted by Gasteiger charge is 2.07. The molecule has 6 nitrogen and oxygen atoms in total. The van der Waals surface area contributed by atoms with Gasteiger partial charge >= 0.3 is 0 Å². The first kappa shape index (κ1) is 17.3. The fourth-order valence-electron chi connectivity index (χ4n) is 1.38. The van der Waals surface area contributed by atoms with E-state index in [4.69, 9.17) is 5.73 Å². The molecule has 0 unspecified atom stereocenters. The number of hydrazine groups is 1. The molecular weight excluding hydrogens is 244 g/mol. The van der Waals surface area contributed by atoms with Crippen molar-refractivity contribution in [3.8, 4) is 0 Å². The molecule has 2 amide bonds. The van der Waals surface area contributed by atoms with E-state index < -0.39 is 0 Å². The van der Waals surface area contributed by atoms with Crippen LogP contribution in [0.5, 0.6) is 0 Å². The first-order chi connectivity index (χ1) is 9.04. The van der Waals surface area contributed by atoms with Gasteiger partial charge in [0.15, 0.2) is 0 Å². The number of carbonyl (C=O) groups excluding carboxylic acids is 2. The van der Waals surface area contributed by atoms with Gasteiger partial charge in [-0.3, -0.25) is 15.0 Å². The molecule has 0 fully saturated rings. The molecule has 108 valence electrons. The van der Waals surface area contributed by atoms with Crippen molar-refractivity contribution in [1.82, 2.24) is 15.8 Å². The number of hydrogen-bond donors (Lipinski definition) is 3. The summed E-state index contributed by atoms with van der Waals surface area (Å²) in [6, 6.07) is 0. The highest BCUT2D eigenvalue weighted by atomic mass is 16.2. The number of nitrogens with zero attached hydrogens (tertiary/aromatic N) is 1. The summed E-state index contributed by atoms with van der Waals surface area (Å²) in [6.45, 7) is 11.1. The smallest absolute Gasteiger partial charge is 0.257 e. The van der Waals surface area contributed by atoms with Crippen LogP contribution in [0.2, 0.25) is 0 Å². The number of carbonyl (C=O) groups is 2. The van der Waals surface area contributed by atoms with E-state index in [1.165, 1.54) is 6.08 Å². The van der Waals surface area contributed by atoms with E-state index in [2.05, 4.69) is 23.9 Å². The lowest BCUT2D eigenvalue weighted by atomic mass is 10.3. The highest BCUT2D eigenvalue weighted by molar-refractivity contribution is 5.93. The minimum Gasteiger partial charge on any atom is -0.352 e. The second kappa shape index (κ2) is 10.3. The van der Waals surface area contributed by atoms with Gasteiger partial charge in [0, 0.05) is 31.8 Å². The summed E-state index contributed by atoms with van der Waals surface area (Å²) in [5.74, 6) is -0.450. The molecule has 4 N–H and O–H groups in total. The third kappa shape index (κ3) is 8.12. The number of nitrogens with one attached hydrogen (secondary N) is 2. The van der Waals surface area contributed by atoms with Gasteiger partial charge in [-0.25, -0.2) is 5.01 Å². The Bertz CT molecular complexity index is 329. The molecule has 0 aromatic carbocycles. The fourth-order valence-corrected chi connectivity index (χ4v) is 1.38. The predicted molar refractivity (Wildman–Crippen MR) is 76.0 cm³/mol. The largest absolute Gasteiger partial charge is 0.352 e. The monoisotopic (exact) mass is 268 g/mol. The van der Waals surface area contributed by atoms with Crippen LogP contribution in [0.25, 0.3) is 0 Å². The Morgan fingerprint density at radius 1 is 1.37 bits per heavy atom. The zero-order chi connectivity index (χ0) is 14.7. The van der Waals surface area contributed by atoms with Crippen molar-refractivity contribution in [2.75, 3.05) is 26.2 Å². The van der Waals surface area contributed by atoms with Gasteiger partial charge in [-0.2, -0.15) is 0 Å². The Morgan fingerprint density at radius 3 is 2.58 bits per heavy atom. The summed E-state index contributed by atoms with van der Waals surface area (Å²) in [4.78, 5) is 22.6. The summed E-state index contributed by atoms with van der Waals surface area (Å²) in [5, 5.41) is 4.53. The van der Waals surface area contributed by atoms with E-state index in [-0.39, 0.29) is 18.4 Å². The van der Waals surface area contributed by atoms with Gasteiger partial charge in [-0.05, 0) is 18.9 Å². The number of nitrogens with two attached hydrogens (primary N) is 1. The van der Waals surface area contributed by atoms with Crippen molar-refractivity contribution < 1.29 is 9.59 Å². The average molecular weight is 268 g/mol. The summed E-state index contributed by atoms with van der Waals surface area (Å²) in [6.07, 6.45) is 2.88. The van der Waals surface area contributed by atoms with Crippen LogP contribution < -0.4 is 16.5 Å². The van der Waals surface area contributed by atoms with E-state index in [0.29, 0.717) is 18.7 Å². The molecule has 0 spiro atoms. The van der Waals surface area contributed by atoms with E-state index in [1.807, 2.05) is 11.9 Å². The summed E-state index contributed by atoms with van der Waals surface area (Å²) in [7, 11) is 0. The average Bonchev–Trinajstić information content (AvgIpc) is 2.42. The maximum absolute atomic E-state index is 11.4. The SMILES string of the molecule is C=CC(=O)NN(CCC)CCCNC(=O)C(=C)CN. The minimum atomic E-state index is -0.228. The molecule has 0 rings (SSSR count). The van der Waals surface area contributed by atoms with Crippen LogP contribution in [-0.2, 0) is 9.59 Å². The van der Waals surface area contributed by atoms with Crippen molar-refractivity contribution in [3.05, 3.63) is 24.8 Å². The Balaban J connectivity index is 3.92. The van der Waals surface area contributed by atoms with Crippen LogP contribution >= 0.6 is 0 Å². The lowest BCUT2D eigenvalue weighted by Gasteiger charge is -2.21. The van der Waals surface area contributed by atoms with Crippen molar-refractivity contribution >= 4 is 11.8 Å². The molecule has 0 aromatic heterocycles. The predicted octanol–water partition coefficient (Wildman–Crippen LogP) is -0.0632. The molecule has 0 saturated carbocycles. The fraction of sp³-hybridized carbons (Fsp3) is 0.538. The van der Waals surface area contributed by atoms with E-state index in [0.717, 1.165) is 19.4 Å². The van der Waals surface area contributed by atoms with Crippen molar-refractivity contribution in [2.24, 2.45) is 5.73 Å². The second-order valence-electron chi connectivity index (χ2n) is 4.08. The van der Waals surface area contributed by atoms with Gasteiger partial charge in [0.2, 0.25) is 5.91 Å². The van der Waals surface area contributed by atoms with E-state index in [9.17, 15) is 9.59 Å². The zero-order valence-electron chi connectivity index (χ0n) is 11.6. The molecule has 0 bridgehead atoms. The molecule has 0 radical (unpaired) electrons. The first-order valence-corrected chi connectivity index (χ1v) is 6.39. The molecule has 19 heavy (non-hydrogen) atoms.